The predicted molar refractivity (Wildman–Crippen MR) is 82.8 cm³/mol. The zero-order valence-electron chi connectivity index (χ0n) is 12.1. The maximum Gasteiger partial charge on any atom is 0.141 e. The van der Waals surface area contributed by atoms with E-state index < -0.39 is 0 Å². The smallest absolute Gasteiger partial charge is 0.141 e. The van der Waals surface area contributed by atoms with E-state index >= 15 is 0 Å². The minimum absolute atomic E-state index is 0.242. The van der Waals surface area contributed by atoms with Crippen molar-refractivity contribution < 1.29 is 4.39 Å². The Bertz CT molecular complexity index is 478. The highest BCUT2D eigenvalue weighted by molar-refractivity contribution is 8.00. The molecule has 3 nitrogen and oxygen atoms in total. The first kappa shape index (κ1) is 14.1. The molecule has 1 aliphatic carbocycles. The molecule has 2 heterocycles. The van der Waals surface area contributed by atoms with E-state index in [9.17, 15) is 4.39 Å². The number of thioether (sulfide) groups is 1. The third-order valence-corrected chi connectivity index (χ3v) is 5.56. The van der Waals surface area contributed by atoms with Crippen LogP contribution in [0.25, 0.3) is 0 Å². The second kappa shape index (κ2) is 5.90. The molecule has 3 rings (SSSR count). The number of anilines is 1. The maximum absolute atomic E-state index is 13.5. The molecule has 1 saturated carbocycles. The van der Waals surface area contributed by atoms with Crippen LogP contribution in [-0.2, 0) is 6.54 Å². The molecule has 0 spiro atoms. The average molecular weight is 295 g/mol. The Morgan fingerprint density at radius 2 is 2.25 bits per heavy atom. The van der Waals surface area contributed by atoms with Crippen LogP contribution in [0.4, 0.5) is 10.2 Å². The minimum atomic E-state index is -0.242. The number of nitrogens with one attached hydrogen (secondary N) is 1. The first-order chi connectivity index (χ1) is 9.65. The molecule has 1 aromatic heterocycles. The number of pyridine rings is 1. The van der Waals surface area contributed by atoms with Gasteiger partial charge in [-0.05, 0) is 25.8 Å². The van der Waals surface area contributed by atoms with E-state index in [1.807, 2.05) is 11.8 Å². The normalized spacial score (nSPS) is 26.9. The predicted octanol–water partition coefficient (Wildman–Crippen LogP) is 2.80. The lowest BCUT2D eigenvalue weighted by atomic mass is 10.1. The molecule has 0 amide bonds. The van der Waals surface area contributed by atoms with Crippen LogP contribution in [0, 0.1) is 5.82 Å². The SMILES string of the molecule is CC1SCCN(c2ncc(F)cc2CNC2CC2)C1C. The summed E-state index contributed by atoms with van der Waals surface area (Å²) in [4.78, 5) is 6.72. The van der Waals surface area contributed by atoms with Gasteiger partial charge in [-0.3, -0.25) is 0 Å². The molecule has 2 aliphatic rings. The minimum Gasteiger partial charge on any atom is -0.352 e. The molecule has 110 valence electrons. The van der Waals surface area contributed by atoms with Gasteiger partial charge in [0.2, 0.25) is 0 Å². The summed E-state index contributed by atoms with van der Waals surface area (Å²) in [6, 6.07) is 2.70. The lowest BCUT2D eigenvalue weighted by molar-refractivity contribution is 0.591. The van der Waals surface area contributed by atoms with Crippen molar-refractivity contribution >= 4 is 17.6 Å². The Kier molecular flexibility index (Phi) is 4.17. The first-order valence-corrected chi connectivity index (χ1v) is 8.46. The second-order valence-electron chi connectivity index (χ2n) is 5.80. The fraction of sp³-hybridized carbons (Fsp3) is 0.667. The largest absolute Gasteiger partial charge is 0.352 e. The van der Waals surface area contributed by atoms with E-state index in [-0.39, 0.29) is 5.82 Å². The molecule has 2 atom stereocenters. The Morgan fingerprint density at radius 3 is 3.00 bits per heavy atom. The first-order valence-electron chi connectivity index (χ1n) is 7.41. The number of hydrogen-bond acceptors (Lipinski definition) is 4. The Labute approximate surface area is 124 Å². The summed E-state index contributed by atoms with van der Waals surface area (Å²) in [5.41, 5.74) is 0.989. The summed E-state index contributed by atoms with van der Waals surface area (Å²) in [6.07, 6.45) is 3.83. The number of halogens is 1. The average Bonchev–Trinajstić information content (AvgIpc) is 3.24. The number of aromatic nitrogens is 1. The van der Waals surface area contributed by atoms with Crippen LogP contribution in [-0.4, -0.2) is 34.6 Å². The molecule has 5 heteroatoms. The number of hydrogen-bond donors (Lipinski definition) is 1. The van der Waals surface area contributed by atoms with E-state index in [1.165, 1.54) is 19.0 Å². The molecule has 20 heavy (non-hydrogen) atoms. The topological polar surface area (TPSA) is 28.2 Å². The van der Waals surface area contributed by atoms with Gasteiger partial charge in [-0.25, -0.2) is 9.37 Å². The fourth-order valence-corrected chi connectivity index (χ4v) is 3.74. The van der Waals surface area contributed by atoms with Crippen LogP contribution < -0.4 is 10.2 Å². The Hall–Kier alpha value is -0.810. The molecular formula is C15H22FN3S. The van der Waals surface area contributed by atoms with Crippen molar-refractivity contribution in [2.24, 2.45) is 0 Å². The van der Waals surface area contributed by atoms with Crippen molar-refractivity contribution in [3.63, 3.8) is 0 Å². The van der Waals surface area contributed by atoms with Crippen molar-refractivity contribution in [2.45, 2.75) is 50.6 Å². The van der Waals surface area contributed by atoms with Crippen molar-refractivity contribution in [2.75, 3.05) is 17.2 Å². The van der Waals surface area contributed by atoms with E-state index in [2.05, 4.69) is 29.0 Å². The van der Waals surface area contributed by atoms with Crippen LogP contribution in [0.5, 0.6) is 0 Å². The van der Waals surface area contributed by atoms with Gasteiger partial charge in [-0.1, -0.05) is 6.92 Å². The van der Waals surface area contributed by atoms with Crippen LogP contribution in [0.2, 0.25) is 0 Å². The monoisotopic (exact) mass is 295 g/mol. The summed E-state index contributed by atoms with van der Waals surface area (Å²) >= 11 is 2.00. The molecule has 0 bridgehead atoms. The highest BCUT2D eigenvalue weighted by Crippen LogP contribution is 2.30. The van der Waals surface area contributed by atoms with Crippen LogP contribution in [0.1, 0.15) is 32.3 Å². The Morgan fingerprint density at radius 1 is 1.45 bits per heavy atom. The van der Waals surface area contributed by atoms with Gasteiger partial charge in [0, 0.05) is 41.7 Å². The van der Waals surface area contributed by atoms with E-state index in [0.29, 0.717) is 17.3 Å². The molecule has 2 fully saturated rings. The molecule has 0 radical (unpaired) electrons. The van der Waals surface area contributed by atoms with Crippen molar-refractivity contribution in [3.8, 4) is 0 Å². The highest BCUT2D eigenvalue weighted by Gasteiger charge is 2.28. The van der Waals surface area contributed by atoms with Crippen LogP contribution >= 0.6 is 11.8 Å². The quantitative estimate of drug-likeness (QED) is 0.924. The van der Waals surface area contributed by atoms with Gasteiger partial charge in [-0.2, -0.15) is 11.8 Å². The van der Waals surface area contributed by atoms with Crippen LogP contribution in [0.15, 0.2) is 12.3 Å². The van der Waals surface area contributed by atoms with Gasteiger partial charge < -0.3 is 10.2 Å². The lowest BCUT2D eigenvalue weighted by Gasteiger charge is -2.39. The standard InChI is InChI=1S/C15H22FN3S/c1-10-11(2)20-6-5-19(10)15-12(7-13(16)9-18-15)8-17-14-3-4-14/h7,9-11,14,17H,3-6,8H2,1-2H3. The summed E-state index contributed by atoms with van der Waals surface area (Å²) in [7, 11) is 0. The van der Waals surface area contributed by atoms with E-state index in [1.54, 1.807) is 6.07 Å². The molecule has 1 saturated heterocycles. The van der Waals surface area contributed by atoms with E-state index in [4.69, 9.17) is 0 Å². The molecular weight excluding hydrogens is 273 g/mol. The summed E-state index contributed by atoms with van der Waals surface area (Å²) in [5, 5.41) is 4.05. The van der Waals surface area contributed by atoms with Gasteiger partial charge in [0.25, 0.3) is 0 Å². The fourth-order valence-electron chi connectivity index (χ4n) is 2.64. The zero-order chi connectivity index (χ0) is 14.1. The third kappa shape index (κ3) is 3.09. The molecule has 2 unspecified atom stereocenters. The summed E-state index contributed by atoms with van der Waals surface area (Å²) < 4.78 is 13.5. The Balaban J connectivity index is 1.82. The van der Waals surface area contributed by atoms with E-state index in [0.717, 1.165) is 30.2 Å². The summed E-state index contributed by atoms with van der Waals surface area (Å²) in [6.45, 7) is 6.20. The highest BCUT2D eigenvalue weighted by atomic mass is 32.2. The number of nitrogens with zero attached hydrogens (tertiary/aromatic N) is 2. The summed E-state index contributed by atoms with van der Waals surface area (Å²) in [5.74, 6) is 1.83. The van der Waals surface area contributed by atoms with Gasteiger partial charge in [0.05, 0.1) is 6.20 Å². The number of rotatable bonds is 4. The van der Waals surface area contributed by atoms with Gasteiger partial charge in [0.15, 0.2) is 0 Å². The zero-order valence-corrected chi connectivity index (χ0v) is 12.9. The van der Waals surface area contributed by atoms with Crippen molar-refractivity contribution in [1.82, 2.24) is 10.3 Å². The van der Waals surface area contributed by atoms with Gasteiger partial charge in [0.1, 0.15) is 11.6 Å². The lowest BCUT2D eigenvalue weighted by Crippen LogP contribution is -2.45. The molecule has 1 N–H and O–H groups in total. The van der Waals surface area contributed by atoms with Crippen molar-refractivity contribution in [3.05, 3.63) is 23.6 Å². The van der Waals surface area contributed by atoms with Crippen LogP contribution in [0.3, 0.4) is 0 Å². The molecule has 1 aliphatic heterocycles. The van der Waals surface area contributed by atoms with Gasteiger partial charge in [-0.15, -0.1) is 0 Å². The van der Waals surface area contributed by atoms with Gasteiger partial charge >= 0.3 is 0 Å². The maximum atomic E-state index is 13.5. The van der Waals surface area contributed by atoms with Crippen molar-refractivity contribution in [1.29, 1.82) is 0 Å². The molecule has 1 aromatic rings. The second-order valence-corrected chi connectivity index (χ2v) is 7.29. The third-order valence-electron chi connectivity index (χ3n) is 4.22. The molecule has 0 aromatic carbocycles.